The fraction of sp³-hybridized carbons (Fsp3) is 0.286. The van der Waals surface area contributed by atoms with Crippen LogP contribution in [0.2, 0.25) is 0 Å². The molecule has 0 unspecified atom stereocenters. The van der Waals surface area contributed by atoms with E-state index in [1.165, 1.54) is 0 Å². The molecule has 0 atom stereocenters. The second-order valence-electron chi connectivity index (χ2n) is 6.60. The van der Waals surface area contributed by atoms with E-state index in [9.17, 15) is 4.79 Å². The second-order valence-corrected chi connectivity index (χ2v) is 7.68. The van der Waals surface area contributed by atoms with E-state index in [1.807, 2.05) is 43.3 Å². The third kappa shape index (κ3) is 4.21. The SMILES string of the molecule is Cc1nc(-c2cccnc2)sc1CNC(=O)c1ccc(N2CCOCC2)cc1. The lowest BCUT2D eigenvalue weighted by atomic mass is 10.1. The summed E-state index contributed by atoms with van der Waals surface area (Å²) in [4.78, 5) is 24.6. The standard InChI is InChI=1S/C21H22N4O2S/c1-15-19(28-21(24-15)17-3-2-8-22-13-17)14-23-20(26)16-4-6-18(7-5-16)25-9-11-27-12-10-25/h2-8,13H,9-12,14H2,1H3,(H,23,26). The highest BCUT2D eigenvalue weighted by Crippen LogP contribution is 2.27. The van der Waals surface area contributed by atoms with Crippen molar-refractivity contribution in [2.75, 3.05) is 31.2 Å². The van der Waals surface area contributed by atoms with E-state index in [1.54, 1.807) is 23.7 Å². The zero-order valence-corrected chi connectivity index (χ0v) is 16.5. The number of hydrogen-bond acceptors (Lipinski definition) is 6. The predicted molar refractivity (Wildman–Crippen MR) is 111 cm³/mol. The van der Waals surface area contributed by atoms with E-state index in [2.05, 4.69) is 20.2 Å². The van der Waals surface area contributed by atoms with E-state index in [0.29, 0.717) is 12.1 Å². The number of ether oxygens (including phenoxy) is 1. The van der Waals surface area contributed by atoms with Crippen molar-refractivity contribution in [2.45, 2.75) is 13.5 Å². The largest absolute Gasteiger partial charge is 0.378 e. The quantitative estimate of drug-likeness (QED) is 0.719. The first-order valence-electron chi connectivity index (χ1n) is 9.28. The molecule has 28 heavy (non-hydrogen) atoms. The number of rotatable bonds is 5. The van der Waals surface area contributed by atoms with Gasteiger partial charge in [-0.2, -0.15) is 0 Å². The first kappa shape index (κ1) is 18.6. The van der Waals surface area contributed by atoms with Gasteiger partial charge in [-0.1, -0.05) is 0 Å². The summed E-state index contributed by atoms with van der Waals surface area (Å²) in [6.07, 6.45) is 3.55. The molecule has 2 aromatic heterocycles. The summed E-state index contributed by atoms with van der Waals surface area (Å²) in [6.45, 7) is 5.70. The molecule has 0 bridgehead atoms. The molecule has 1 amide bonds. The molecule has 1 N–H and O–H groups in total. The van der Waals surface area contributed by atoms with Gasteiger partial charge in [-0.15, -0.1) is 11.3 Å². The van der Waals surface area contributed by atoms with Gasteiger partial charge in [-0.05, 0) is 43.3 Å². The molecule has 1 aromatic carbocycles. The number of nitrogens with one attached hydrogen (secondary N) is 1. The maximum atomic E-state index is 12.5. The lowest BCUT2D eigenvalue weighted by molar-refractivity contribution is 0.0951. The van der Waals surface area contributed by atoms with Crippen LogP contribution in [0.1, 0.15) is 20.9 Å². The highest BCUT2D eigenvalue weighted by molar-refractivity contribution is 7.15. The predicted octanol–water partition coefficient (Wildman–Crippen LogP) is 3.28. The van der Waals surface area contributed by atoms with Crippen molar-refractivity contribution in [3.8, 4) is 10.6 Å². The van der Waals surface area contributed by atoms with Gasteiger partial charge in [0.25, 0.3) is 5.91 Å². The number of pyridine rings is 1. The van der Waals surface area contributed by atoms with Crippen LogP contribution in [0.3, 0.4) is 0 Å². The van der Waals surface area contributed by atoms with Crippen LogP contribution in [-0.2, 0) is 11.3 Å². The molecule has 0 saturated carbocycles. The third-order valence-electron chi connectivity index (χ3n) is 4.72. The van der Waals surface area contributed by atoms with Gasteiger partial charge in [-0.3, -0.25) is 9.78 Å². The van der Waals surface area contributed by atoms with Gasteiger partial charge in [-0.25, -0.2) is 4.98 Å². The van der Waals surface area contributed by atoms with Crippen molar-refractivity contribution in [1.82, 2.24) is 15.3 Å². The molecule has 1 aliphatic heterocycles. The minimum absolute atomic E-state index is 0.0794. The van der Waals surface area contributed by atoms with Crippen LogP contribution in [0, 0.1) is 6.92 Å². The molecule has 3 heterocycles. The van der Waals surface area contributed by atoms with Crippen molar-refractivity contribution >= 4 is 22.9 Å². The van der Waals surface area contributed by atoms with Crippen molar-refractivity contribution in [3.05, 3.63) is 64.9 Å². The van der Waals surface area contributed by atoms with Crippen molar-refractivity contribution in [2.24, 2.45) is 0 Å². The molecule has 4 rings (SSSR count). The van der Waals surface area contributed by atoms with E-state index >= 15 is 0 Å². The number of carbonyl (C=O) groups excluding carboxylic acids is 1. The van der Waals surface area contributed by atoms with E-state index in [0.717, 1.165) is 53.1 Å². The van der Waals surface area contributed by atoms with Gasteiger partial charge < -0.3 is 15.0 Å². The fourth-order valence-electron chi connectivity index (χ4n) is 3.11. The third-order valence-corrected chi connectivity index (χ3v) is 5.92. The van der Waals surface area contributed by atoms with Crippen molar-refractivity contribution in [3.63, 3.8) is 0 Å². The summed E-state index contributed by atoms with van der Waals surface area (Å²) < 4.78 is 5.38. The summed E-state index contributed by atoms with van der Waals surface area (Å²) in [6, 6.07) is 11.6. The molecule has 1 saturated heterocycles. The lowest BCUT2D eigenvalue weighted by Gasteiger charge is -2.28. The highest BCUT2D eigenvalue weighted by Gasteiger charge is 2.14. The molecular weight excluding hydrogens is 372 g/mol. The number of aryl methyl sites for hydroxylation is 1. The summed E-state index contributed by atoms with van der Waals surface area (Å²) in [5, 5.41) is 3.92. The Labute approximate surface area is 168 Å². The highest BCUT2D eigenvalue weighted by atomic mass is 32.1. The maximum Gasteiger partial charge on any atom is 0.251 e. The smallest absolute Gasteiger partial charge is 0.251 e. The van der Waals surface area contributed by atoms with E-state index in [-0.39, 0.29) is 5.91 Å². The Bertz CT molecular complexity index is 935. The molecule has 3 aromatic rings. The molecule has 1 fully saturated rings. The first-order chi connectivity index (χ1) is 13.7. The Kier molecular flexibility index (Phi) is 5.64. The fourth-order valence-corrected chi connectivity index (χ4v) is 4.10. The van der Waals surface area contributed by atoms with Gasteiger partial charge in [0.15, 0.2) is 0 Å². The maximum absolute atomic E-state index is 12.5. The number of carbonyl (C=O) groups is 1. The summed E-state index contributed by atoms with van der Waals surface area (Å²) in [5.74, 6) is -0.0794. The lowest BCUT2D eigenvalue weighted by Crippen LogP contribution is -2.36. The Morgan fingerprint density at radius 2 is 2.00 bits per heavy atom. The molecule has 0 spiro atoms. The molecule has 7 heteroatoms. The molecule has 144 valence electrons. The summed E-state index contributed by atoms with van der Waals surface area (Å²) >= 11 is 1.59. The normalized spacial score (nSPS) is 14.1. The Balaban J connectivity index is 1.38. The van der Waals surface area contributed by atoms with Crippen LogP contribution in [-0.4, -0.2) is 42.2 Å². The minimum Gasteiger partial charge on any atom is -0.378 e. The average molecular weight is 395 g/mol. The van der Waals surface area contributed by atoms with Crippen LogP contribution in [0.5, 0.6) is 0 Å². The number of hydrogen-bond donors (Lipinski definition) is 1. The Hall–Kier alpha value is -2.77. The van der Waals surface area contributed by atoms with Crippen LogP contribution < -0.4 is 10.2 Å². The average Bonchev–Trinajstić information content (AvgIpc) is 3.14. The van der Waals surface area contributed by atoms with Crippen molar-refractivity contribution < 1.29 is 9.53 Å². The molecule has 1 aliphatic rings. The zero-order valence-electron chi connectivity index (χ0n) is 15.7. The zero-order chi connectivity index (χ0) is 19.3. The molecule has 0 radical (unpaired) electrons. The van der Waals surface area contributed by atoms with Crippen LogP contribution in [0.25, 0.3) is 10.6 Å². The second kappa shape index (κ2) is 8.50. The number of morpholine rings is 1. The molecule has 6 nitrogen and oxygen atoms in total. The van der Waals surface area contributed by atoms with Crippen LogP contribution in [0.4, 0.5) is 5.69 Å². The minimum atomic E-state index is -0.0794. The monoisotopic (exact) mass is 394 g/mol. The number of nitrogens with zero attached hydrogens (tertiary/aromatic N) is 3. The summed E-state index contributed by atoms with van der Waals surface area (Å²) in [5.41, 5.74) is 3.71. The number of amides is 1. The van der Waals surface area contributed by atoms with Gasteiger partial charge in [0, 0.05) is 47.2 Å². The first-order valence-corrected chi connectivity index (χ1v) is 10.1. The van der Waals surface area contributed by atoms with Gasteiger partial charge >= 0.3 is 0 Å². The van der Waals surface area contributed by atoms with E-state index < -0.39 is 0 Å². The van der Waals surface area contributed by atoms with Gasteiger partial charge in [0.05, 0.1) is 25.5 Å². The number of benzene rings is 1. The van der Waals surface area contributed by atoms with Crippen molar-refractivity contribution in [1.29, 1.82) is 0 Å². The van der Waals surface area contributed by atoms with Crippen LogP contribution >= 0.6 is 11.3 Å². The number of anilines is 1. The number of aromatic nitrogens is 2. The Morgan fingerprint density at radius 3 is 2.71 bits per heavy atom. The Morgan fingerprint density at radius 1 is 1.21 bits per heavy atom. The number of thiazole rings is 1. The summed E-state index contributed by atoms with van der Waals surface area (Å²) in [7, 11) is 0. The molecular formula is C21H22N4O2S. The molecule has 0 aliphatic carbocycles. The van der Waals surface area contributed by atoms with Gasteiger partial charge in [0.2, 0.25) is 0 Å². The van der Waals surface area contributed by atoms with Gasteiger partial charge in [0.1, 0.15) is 5.01 Å². The topological polar surface area (TPSA) is 67.4 Å². The van der Waals surface area contributed by atoms with E-state index in [4.69, 9.17) is 4.74 Å². The van der Waals surface area contributed by atoms with Crippen LogP contribution in [0.15, 0.2) is 48.8 Å².